The minimum Gasteiger partial charge on any atom is -0.403 e. The van der Waals surface area contributed by atoms with E-state index in [1.165, 1.54) is 25.5 Å². The van der Waals surface area contributed by atoms with E-state index in [2.05, 4.69) is 0 Å². The van der Waals surface area contributed by atoms with Gasteiger partial charge in [0.25, 0.3) is 0 Å². The molecule has 1 fully saturated rings. The van der Waals surface area contributed by atoms with Crippen molar-refractivity contribution in [3.63, 3.8) is 0 Å². The topological polar surface area (TPSA) is 81.3 Å². The van der Waals surface area contributed by atoms with Crippen molar-refractivity contribution in [2.24, 2.45) is 11.6 Å². The van der Waals surface area contributed by atoms with Crippen molar-refractivity contribution in [2.75, 3.05) is 5.73 Å². The van der Waals surface area contributed by atoms with E-state index < -0.39 is 0 Å². The third kappa shape index (κ3) is 4.23. The number of hydrogen-bond acceptors (Lipinski definition) is 4. The number of nitrogens with zero attached hydrogens (tertiary/aromatic N) is 1. The molecule has 0 saturated heterocycles. The maximum absolute atomic E-state index is 5.56. The van der Waals surface area contributed by atoms with E-state index >= 15 is 0 Å². The molecule has 0 spiro atoms. The summed E-state index contributed by atoms with van der Waals surface area (Å²) in [7, 11) is 0. The molecule has 2 rings (SSSR count). The summed E-state index contributed by atoms with van der Waals surface area (Å²) in [4.78, 5) is 0. The Kier molecular flexibility index (Phi) is 5.22. The summed E-state index contributed by atoms with van der Waals surface area (Å²) in [5.74, 6) is 5.56. The van der Waals surface area contributed by atoms with E-state index in [9.17, 15) is 0 Å². The lowest BCUT2D eigenvalue weighted by Crippen LogP contribution is -2.41. The summed E-state index contributed by atoms with van der Waals surface area (Å²) in [5, 5.41) is 1.68. The third-order valence-corrected chi connectivity index (χ3v) is 2.55. The van der Waals surface area contributed by atoms with E-state index in [1.54, 1.807) is 11.2 Å². The molecule has 0 amide bonds. The minimum absolute atomic E-state index is 0.546. The number of nitrogen functional groups attached to an aromatic ring is 1. The highest BCUT2D eigenvalue weighted by Crippen LogP contribution is 2.22. The predicted molar refractivity (Wildman–Crippen MR) is 67.8 cm³/mol. The highest BCUT2D eigenvalue weighted by Gasteiger charge is 2.19. The maximum Gasteiger partial charge on any atom is 0.0446 e. The molecule has 1 aliphatic carbocycles. The van der Waals surface area contributed by atoms with Crippen LogP contribution in [0.1, 0.15) is 19.3 Å². The fourth-order valence-electron chi connectivity index (χ4n) is 1.36. The van der Waals surface area contributed by atoms with E-state index in [4.69, 9.17) is 17.3 Å². The molecule has 1 aromatic rings. The first kappa shape index (κ1) is 12.4. The van der Waals surface area contributed by atoms with Gasteiger partial charge in [-0.15, -0.1) is 0 Å². The van der Waals surface area contributed by atoms with Crippen molar-refractivity contribution in [1.29, 1.82) is 0 Å². The van der Waals surface area contributed by atoms with Crippen LogP contribution in [0.4, 0.5) is 5.69 Å². The van der Waals surface area contributed by atoms with Crippen LogP contribution >= 0.6 is 0 Å². The maximum atomic E-state index is 5.56. The standard InChI is InChI=1S/C6H13N3.C6H7N/c7-4-5-9(8)6-2-1-3-6;7-6-4-2-1-3-5-6/h4-6H,1-3,7-8H2;1-5H,7H2/b5-4-;. The fraction of sp³-hybridized carbons (Fsp3) is 0.333. The molecular weight excluding hydrogens is 200 g/mol. The van der Waals surface area contributed by atoms with Gasteiger partial charge in [-0.25, -0.2) is 5.84 Å². The van der Waals surface area contributed by atoms with E-state index in [0.717, 1.165) is 5.69 Å². The average molecular weight is 220 g/mol. The molecule has 88 valence electrons. The number of hydrogen-bond donors (Lipinski definition) is 3. The number of benzene rings is 1. The second kappa shape index (κ2) is 6.74. The third-order valence-electron chi connectivity index (χ3n) is 2.55. The summed E-state index contributed by atoms with van der Waals surface area (Å²) < 4.78 is 0. The first-order chi connectivity index (χ1) is 7.74. The summed E-state index contributed by atoms with van der Waals surface area (Å²) in [6, 6.07) is 10.0. The van der Waals surface area contributed by atoms with Gasteiger partial charge in [-0.3, -0.25) is 0 Å². The SMILES string of the molecule is N/C=C\N(N)C1CCC1.Nc1ccccc1. The quantitative estimate of drug-likeness (QED) is 0.400. The Labute approximate surface area is 96.7 Å². The Balaban J connectivity index is 0.000000165. The molecule has 0 radical (unpaired) electrons. The van der Waals surface area contributed by atoms with E-state index in [1.807, 2.05) is 30.3 Å². The van der Waals surface area contributed by atoms with Crippen LogP contribution in [0, 0.1) is 0 Å². The number of nitrogens with two attached hydrogens (primary N) is 3. The van der Waals surface area contributed by atoms with Crippen molar-refractivity contribution in [2.45, 2.75) is 25.3 Å². The summed E-state index contributed by atoms with van der Waals surface area (Å²) in [6.45, 7) is 0. The van der Waals surface area contributed by atoms with Crippen molar-refractivity contribution in [1.82, 2.24) is 5.01 Å². The molecule has 0 aromatic heterocycles. The van der Waals surface area contributed by atoms with Gasteiger partial charge >= 0.3 is 0 Å². The molecule has 4 heteroatoms. The Bertz CT molecular complexity index is 306. The van der Waals surface area contributed by atoms with Gasteiger partial charge in [-0.05, 0) is 31.4 Å². The molecule has 6 N–H and O–H groups in total. The van der Waals surface area contributed by atoms with Gasteiger partial charge in [0, 0.05) is 24.1 Å². The lowest BCUT2D eigenvalue weighted by atomic mass is 9.93. The summed E-state index contributed by atoms with van der Waals surface area (Å²) >= 11 is 0. The highest BCUT2D eigenvalue weighted by atomic mass is 15.4. The van der Waals surface area contributed by atoms with Gasteiger partial charge in [0.05, 0.1) is 0 Å². The van der Waals surface area contributed by atoms with Crippen LogP contribution in [0.2, 0.25) is 0 Å². The van der Waals surface area contributed by atoms with Crippen LogP contribution in [0.15, 0.2) is 42.7 Å². The van der Waals surface area contributed by atoms with Crippen molar-refractivity contribution >= 4 is 5.69 Å². The first-order valence-electron chi connectivity index (χ1n) is 5.46. The van der Waals surface area contributed by atoms with Crippen LogP contribution in [0.3, 0.4) is 0 Å². The molecule has 0 heterocycles. The smallest absolute Gasteiger partial charge is 0.0446 e. The van der Waals surface area contributed by atoms with Gasteiger partial charge in [0.1, 0.15) is 0 Å². The van der Waals surface area contributed by atoms with Gasteiger partial charge in [-0.1, -0.05) is 18.2 Å². The fourth-order valence-corrected chi connectivity index (χ4v) is 1.36. The molecule has 1 aliphatic rings. The molecule has 1 saturated carbocycles. The molecule has 1 aromatic carbocycles. The lowest BCUT2D eigenvalue weighted by Gasteiger charge is -2.32. The van der Waals surface area contributed by atoms with Gasteiger partial charge in [0.2, 0.25) is 0 Å². The monoisotopic (exact) mass is 220 g/mol. The molecular formula is C12H20N4. The molecule has 0 atom stereocenters. The second-order valence-corrected chi connectivity index (χ2v) is 3.78. The minimum atomic E-state index is 0.546. The van der Waals surface area contributed by atoms with Crippen molar-refractivity contribution in [3.05, 3.63) is 42.7 Å². The number of para-hydroxylation sites is 1. The normalized spacial score (nSPS) is 15.1. The van der Waals surface area contributed by atoms with Crippen molar-refractivity contribution in [3.8, 4) is 0 Å². The second-order valence-electron chi connectivity index (χ2n) is 3.78. The van der Waals surface area contributed by atoms with Gasteiger partial charge in [0.15, 0.2) is 0 Å². The largest absolute Gasteiger partial charge is 0.403 e. The highest BCUT2D eigenvalue weighted by molar-refractivity contribution is 5.35. The summed E-state index contributed by atoms with van der Waals surface area (Å²) in [5.41, 5.74) is 11.3. The van der Waals surface area contributed by atoms with Crippen LogP contribution in [0.25, 0.3) is 0 Å². The van der Waals surface area contributed by atoms with Crippen LogP contribution in [-0.4, -0.2) is 11.1 Å². The molecule has 0 bridgehead atoms. The molecule has 16 heavy (non-hydrogen) atoms. The Hall–Kier alpha value is -1.68. The zero-order chi connectivity index (χ0) is 11.8. The Morgan fingerprint density at radius 1 is 1.19 bits per heavy atom. The molecule has 4 nitrogen and oxygen atoms in total. The van der Waals surface area contributed by atoms with Crippen LogP contribution < -0.4 is 17.3 Å². The number of rotatable bonds is 2. The van der Waals surface area contributed by atoms with Gasteiger partial charge < -0.3 is 16.5 Å². The van der Waals surface area contributed by atoms with E-state index in [-0.39, 0.29) is 0 Å². The molecule has 0 unspecified atom stereocenters. The van der Waals surface area contributed by atoms with Gasteiger partial charge in [-0.2, -0.15) is 0 Å². The van der Waals surface area contributed by atoms with Crippen LogP contribution in [0.5, 0.6) is 0 Å². The lowest BCUT2D eigenvalue weighted by molar-refractivity contribution is 0.187. The average Bonchev–Trinajstić information content (AvgIpc) is 2.17. The predicted octanol–water partition coefficient (Wildman–Crippen LogP) is 1.41. The van der Waals surface area contributed by atoms with Crippen LogP contribution in [-0.2, 0) is 0 Å². The Morgan fingerprint density at radius 3 is 2.12 bits per heavy atom. The zero-order valence-electron chi connectivity index (χ0n) is 9.42. The summed E-state index contributed by atoms with van der Waals surface area (Å²) in [6.07, 6.45) is 6.90. The zero-order valence-corrected chi connectivity index (χ0v) is 9.42. The Morgan fingerprint density at radius 2 is 1.81 bits per heavy atom. The van der Waals surface area contributed by atoms with Crippen molar-refractivity contribution < 1.29 is 0 Å². The number of hydrazine groups is 1. The molecule has 0 aliphatic heterocycles. The first-order valence-corrected chi connectivity index (χ1v) is 5.46. The van der Waals surface area contributed by atoms with E-state index in [0.29, 0.717) is 6.04 Å². The number of anilines is 1.